The Kier molecular flexibility index (Phi) is 6.68. The second-order valence-electron chi connectivity index (χ2n) is 8.23. The highest BCUT2D eigenvalue weighted by atomic mass is 19.1. The molecule has 2 amide bonds. The van der Waals surface area contributed by atoms with Crippen LogP contribution >= 0.6 is 0 Å². The van der Waals surface area contributed by atoms with Gasteiger partial charge in [-0.2, -0.15) is 0 Å². The molecule has 33 heavy (non-hydrogen) atoms. The van der Waals surface area contributed by atoms with Crippen LogP contribution in [0, 0.1) is 5.82 Å². The van der Waals surface area contributed by atoms with Gasteiger partial charge in [0.25, 0.3) is 5.91 Å². The van der Waals surface area contributed by atoms with Gasteiger partial charge in [0.2, 0.25) is 5.91 Å². The van der Waals surface area contributed by atoms with Crippen molar-refractivity contribution in [2.75, 3.05) is 13.1 Å². The normalized spacial score (nSPS) is 15.2. The van der Waals surface area contributed by atoms with Crippen LogP contribution in [0.2, 0.25) is 0 Å². The molecule has 3 aromatic rings. The van der Waals surface area contributed by atoms with Crippen LogP contribution in [0.1, 0.15) is 41.7 Å². The smallest absolute Gasteiger partial charge is 0.263 e. The number of likely N-dealkylation sites (tertiary alicyclic amines) is 1. The third kappa shape index (κ3) is 5.37. The van der Waals surface area contributed by atoms with Crippen molar-refractivity contribution in [2.24, 2.45) is 5.73 Å². The largest absolute Gasteiger partial charge is 0.481 e. The van der Waals surface area contributed by atoms with Crippen LogP contribution in [0.3, 0.4) is 0 Å². The molecule has 2 aromatic carbocycles. The van der Waals surface area contributed by atoms with Crippen LogP contribution < -0.4 is 10.5 Å². The molecule has 1 saturated heterocycles. The summed E-state index contributed by atoms with van der Waals surface area (Å²) in [5.74, 6) is -0.133. The van der Waals surface area contributed by atoms with Crippen molar-refractivity contribution in [3.8, 4) is 16.9 Å². The minimum absolute atomic E-state index is 0.0737. The number of benzene rings is 2. The predicted octanol–water partition coefficient (Wildman–Crippen LogP) is 4.16. The minimum Gasteiger partial charge on any atom is -0.481 e. The summed E-state index contributed by atoms with van der Waals surface area (Å²) in [6.07, 6.45) is 2.81. The molecule has 4 rings (SSSR count). The summed E-state index contributed by atoms with van der Waals surface area (Å²) in [6.45, 7) is 2.97. The Labute approximate surface area is 192 Å². The number of nitrogens with two attached hydrogens (primary N) is 1. The zero-order valence-electron chi connectivity index (χ0n) is 18.4. The predicted molar refractivity (Wildman–Crippen MR) is 123 cm³/mol. The second kappa shape index (κ2) is 9.81. The highest BCUT2D eigenvalue weighted by molar-refractivity contribution is 5.94. The molecule has 6 nitrogen and oxygen atoms in total. The number of pyridine rings is 1. The van der Waals surface area contributed by atoms with Gasteiger partial charge in [-0.25, -0.2) is 4.39 Å². The summed E-state index contributed by atoms with van der Waals surface area (Å²) in [5.41, 5.74) is 8.64. The number of halogens is 1. The number of hydrogen-bond donors (Lipinski definition) is 1. The van der Waals surface area contributed by atoms with Crippen molar-refractivity contribution in [3.63, 3.8) is 0 Å². The standard InChI is InChI=1S/C26H26FN3O3/c1-17(33-23-8-6-22(27)7-9-23)26(32)30-13-11-18(12-14-30)24-10-5-21(16-29-24)19-3-2-4-20(15-19)25(28)31/h2-10,15-18H,11-14H2,1H3,(H2,28,31)/t17-/m0/s1. The summed E-state index contributed by atoms with van der Waals surface area (Å²) in [6, 6.07) is 16.8. The third-order valence-corrected chi connectivity index (χ3v) is 5.97. The van der Waals surface area contributed by atoms with Gasteiger partial charge in [0, 0.05) is 42.0 Å². The average molecular weight is 448 g/mol. The van der Waals surface area contributed by atoms with Crippen molar-refractivity contribution in [1.29, 1.82) is 0 Å². The topological polar surface area (TPSA) is 85.5 Å². The molecule has 7 heteroatoms. The number of primary amides is 1. The monoisotopic (exact) mass is 447 g/mol. The van der Waals surface area contributed by atoms with Crippen molar-refractivity contribution in [1.82, 2.24) is 9.88 Å². The van der Waals surface area contributed by atoms with E-state index in [-0.39, 0.29) is 17.6 Å². The fraction of sp³-hybridized carbons (Fsp3) is 0.269. The Morgan fingerprint density at radius 3 is 2.42 bits per heavy atom. The van der Waals surface area contributed by atoms with Gasteiger partial charge in [0.1, 0.15) is 11.6 Å². The highest BCUT2D eigenvalue weighted by Gasteiger charge is 2.28. The van der Waals surface area contributed by atoms with E-state index < -0.39 is 12.0 Å². The summed E-state index contributed by atoms with van der Waals surface area (Å²) in [5, 5.41) is 0. The van der Waals surface area contributed by atoms with Gasteiger partial charge in [0.05, 0.1) is 0 Å². The van der Waals surface area contributed by atoms with Crippen LogP contribution in [0.25, 0.3) is 11.1 Å². The highest BCUT2D eigenvalue weighted by Crippen LogP contribution is 2.29. The second-order valence-corrected chi connectivity index (χ2v) is 8.23. The maximum absolute atomic E-state index is 13.1. The number of rotatable bonds is 6. The fourth-order valence-electron chi connectivity index (χ4n) is 4.09. The number of nitrogens with zero attached hydrogens (tertiary/aromatic N) is 2. The number of aromatic nitrogens is 1. The third-order valence-electron chi connectivity index (χ3n) is 5.97. The van der Waals surface area contributed by atoms with Gasteiger partial charge in [-0.05, 0) is 67.8 Å². The maximum Gasteiger partial charge on any atom is 0.263 e. The van der Waals surface area contributed by atoms with Crippen LogP contribution in [0.5, 0.6) is 5.75 Å². The van der Waals surface area contributed by atoms with E-state index in [0.29, 0.717) is 24.4 Å². The average Bonchev–Trinajstić information content (AvgIpc) is 2.85. The molecule has 2 heterocycles. The Morgan fingerprint density at radius 1 is 1.06 bits per heavy atom. The van der Waals surface area contributed by atoms with Gasteiger partial charge in [-0.15, -0.1) is 0 Å². The van der Waals surface area contributed by atoms with E-state index >= 15 is 0 Å². The number of ether oxygens (including phenoxy) is 1. The SMILES string of the molecule is C[C@H](Oc1ccc(F)cc1)C(=O)N1CCC(c2ccc(-c3cccc(C(N)=O)c3)cn2)CC1. The first kappa shape index (κ1) is 22.5. The fourth-order valence-corrected chi connectivity index (χ4v) is 4.09. The lowest BCUT2D eigenvalue weighted by Gasteiger charge is -2.33. The lowest BCUT2D eigenvalue weighted by Crippen LogP contribution is -2.44. The van der Waals surface area contributed by atoms with Crippen LogP contribution in [-0.4, -0.2) is 40.9 Å². The molecule has 1 aromatic heterocycles. The van der Waals surface area contributed by atoms with E-state index in [0.717, 1.165) is 29.7 Å². The first-order valence-corrected chi connectivity index (χ1v) is 11.0. The summed E-state index contributed by atoms with van der Waals surface area (Å²) in [7, 11) is 0. The molecule has 1 fully saturated rings. The lowest BCUT2D eigenvalue weighted by molar-refractivity contribution is -0.139. The molecule has 0 radical (unpaired) electrons. The van der Waals surface area contributed by atoms with Crippen molar-refractivity contribution in [2.45, 2.75) is 31.8 Å². The minimum atomic E-state index is -0.638. The molecular weight excluding hydrogens is 421 g/mol. The Morgan fingerprint density at radius 2 is 1.79 bits per heavy atom. The van der Waals surface area contributed by atoms with Gasteiger partial charge in [-0.3, -0.25) is 14.6 Å². The molecule has 1 aliphatic heterocycles. The van der Waals surface area contributed by atoms with Crippen molar-refractivity contribution < 1.29 is 18.7 Å². The van der Waals surface area contributed by atoms with Crippen molar-refractivity contribution >= 4 is 11.8 Å². The summed E-state index contributed by atoms with van der Waals surface area (Å²) in [4.78, 5) is 30.7. The van der Waals surface area contributed by atoms with Crippen LogP contribution in [-0.2, 0) is 4.79 Å². The molecule has 0 saturated carbocycles. The molecule has 0 aliphatic carbocycles. The van der Waals surface area contributed by atoms with E-state index in [2.05, 4.69) is 4.98 Å². The molecule has 0 bridgehead atoms. The Bertz CT molecular complexity index is 1120. The van der Waals surface area contributed by atoms with Crippen molar-refractivity contribution in [3.05, 3.63) is 83.9 Å². The summed E-state index contributed by atoms with van der Waals surface area (Å²) >= 11 is 0. The lowest BCUT2D eigenvalue weighted by atomic mass is 9.92. The number of amides is 2. The summed E-state index contributed by atoms with van der Waals surface area (Å²) < 4.78 is 18.7. The Hall–Kier alpha value is -3.74. The van der Waals surface area contributed by atoms with E-state index in [1.807, 2.05) is 29.3 Å². The van der Waals surface area contributed by atoms with Crippen LogP contribution in [0.15, 0.2) is 66.9 Å². The Balaban J connectivity index is 1.33. The molecule has 170 valence electrons. The van der Waals surface area contributed by atoms with E-state index in [1.165, 1.54) is 24.3 Å². The molecule has 1 aliphatic rings. The van der Waals surface area contributed by atoms with Gasteiger partial charge < -0.3 is 15.4 Å². The molecule has 0 unspecified atom stereocenters. The van der Waals surface area contributed by atoms with Gasteiger partial charge in [0.15, 0.2) is 6.10 Å². The van der Waals surface area contributed by atoms with E-state index in [9.17, 15) is 14.0 Å². The number of carbonyl (C=O) groups is 2. The number of hydrogen-bond acceptors (Lipinski definition) is 4. The van der Waals surface area contributed by atoms with Gasteiger partial charge in [-0.1, -0.05) is 18.2 Å². The molecular formula is C26H26FN3O3. The number of piperidine rings is 1. The molecule has 0 spiro atoms. The first-order valence-electron chi connectivity index (χ1n) is 11.0. The van der Waals surface area contributed by atoms with E-state index in [1.54, 1.807) is 25.1 Å². The zero-order valence-corrected chi connectivity index (χ0v) is 18.4. The van der Waals surface area contributed by atoms with Crippen LogP contribution in [0.4, 0.5) is 4.39 Å². The van der Waals surface area contributed by atoms with E-state index in [4.69, 9.17) is 10.5 Å². The molecule has 1 atom stereocenters. The maximum atomic E-state index is 13.1. The number of carbonyl (C=O) groups excluding carboxylic acids is 2. The molecule has 2 N–H and O–H groups in total. The first-order chi connectivity index (χ1) is 15.9. The van der Waals surface area contributed by atoms with Gasteiger partial charge >= 0.3 is 0 Å². The zero-order chi connectivity index (χ0) is 23.4. The quantitative estimate of drug-likeness (QED) is 0.615.